The Morgan fingerprint density at radius 2 is 1.61 bits per heavy atom. The Kier molecular flexibility index (Phi) is 2.57. The molecule has 0 aliphatic rings. The Morgan fingerprint density at radius 3 is 2.28 bits per heavy atom. The van der Waals surface area contributed by atoms with Crippen molar-refractivity contribution in [3.05, 3.63) is 60.9 Å². The van der Waals surface area contributed by atoms with Gasteiger partial charge in [0.2, 0.25) is 0 Å². The van der Waals surface area contributed by atoms with Crippen molar-refractivity contribution in [1.82, 2.24) is 9.97 Å². The van der Waals surface area contributed by atoms with Crippen LogP contribution in [-0.4, -0.2) is 9.97 Å². The number of rotatable bonds is 2. The summed E-state index contributed by atoms with van der Waals surface area (Å²) in [6.07, 6.45) is 3.59. The Morgan fingerprint density at radius 1 is 0.889 bits per heavy atom. The molecule has 1 heterocycles. The number of aromatic amines is 1. The standard InChI is InChI=1S/C15H13N3/c16-12-7-5-11(6-8-12)13-3-1-2-4-14(13)15-17-9-10-18-15/h1-10H,16H2,(H,17,18). The summed E-state index contributed by atoms with van der Waals surface area (Å²) < 4.78 is 0. The summed E-state index contributed by atoms with van der Waals surface area (Å²) in [4.78, 5) is 7.45. The van der Waals surface area contributed by atoms with Crippen LogP contribution >= 0.6 is 0 Å². The van der Waals surface area contributed by atoms with E-state index in [1.54, 1.807) is 6.20 Å². The summed E-state index contributed by atoms with van der Waals surface area (Å²) in [5.74, 6) is 0.877. The molecule has 0 bridgehead atoms. The number of benzene rings is 2. The molecular formula is C15H13N3. The maximum Gasteiger partial charge on any atom is 0.137 e. The number of nitrogens with two attached hydrogens (primary N) is 1. The lowest BCUT2D eigenvalue weighted by Crippen LogP contribution is -1.88. The van der Waals surface area contributed by atoms with Crippen LogP contribution in [0.25, 0.3) is 22.5 Å². The van der Waals surface area contributed by atoms with Crippen molar-refractivity contribution in [3.8, 4) is 22.5 Å². The van der Waals surface area contributed by atoms with Crippen LogP contribution < -0.4 is 5.73 Å². The number of nitrogen functional groups attached to an aromatic ring is 1. The lowest BCUT2D eigenvalue weighted by molar-refractivity contribution is 1.31. The highest BCUT2D eigenvalue weighted by Crippen LogP contribution is 2.30. The molecule has 0 spiro atoms. The molecule has 0 aliphatic carbocycles. The van der Waals surface area contributed by atoms with Crippen molar-refractivity contribution in [2.24, 2.45) is 0 Å². The van der Waals surface area contributed by atoms with Gasteiger partial charge in [-0.05, 0) is 23.3 Å². The van der Waals surface area contributed by atoms with Crippen LogP contribution in [0, 0.1) is 0 Å². The zero-order valence-corrected chi connectivity index (χ0v) is 9.80. The summed E-state index contributed by atoms with van der Waals surface area (Å²) in [7, 11) is 0. The van der Waals surface area contributed by atoms with Gasteiger partial charge in [-0.3, -0.25) is 0 Å². The number of H-pyrrole nitrogens is 1. The SMILES string of the molecule is Nc1ccc(-c2ccccc2-c2ncc[nH]2)cc1. The number of hydrogen-bond donors (Lipinski definition) is 2. The Balaban J connectivity index is 2.15. The molecule has 0 amide bonds. The third-order valence-corrected chi connectivity index (χ3v) is 2.90. The second-order valence-corrected chi connectivity index (χ2v) is 4.11. The fourth-order valence-corrected chi connectivity index (χ4v) is 2.02. The highest BCUT2D eigenvalue weighted by molar-refractivity contribution is 5.80. The first-order valence-electron chi connectivity index (χ1n) is 5.79. The van der Waals surface area contributed by atoms with Crippen molar-refractivity contribution in [2.45, 2.75) is 0 Å². The minimum atomic E-state index is 0.772. The summed E-state index contributed by atoms with van der Waals surface area (Å²) >= 11 is 0. The smallest absolute Gasteiger partial charge is 0.137 e. The summed E-state index contributed by atoms with van der Waals surface area (Å²) in [6, 6.07) is 16.1. The van der Waals surface area contributed by atoms with E-state index in [4.69, 9.17) is 5.73 Å². The lowest BCUT2D eigenvalue weighted by Gasteiger charge is -2.07. The number of nitrogens with one attached hydrogen (secondary N) is 1. The van der Waals surface area contributed by atoms with Gasteiger partial charge in [-0.2, -0.15) is 0 Å². The molecule has 0 aliphatic heterocycles. The maximum absolute atomic E-state index is 5.72. The monoisotopic (exact) mass is 235 g/mol. The first kappa shape index (κ1) is 10.6. The summed E-state index contributed by atoms with van der Waals surface area (Å²) in [6.45, 7) is 0. The molecule has 0 saturated carbocycles. The predicted octanol–water partition coefficient (Wildman–Crippen LogP) is 3.33. The second kappa shape index (κ2) is 4.37. The largest absolute Gasteiger partial charge is 0.399 e. The summed E-state index contributed by atoms with van der Waals surface area (Å²) in [5, 5.41) is 0. The van der Waals surface area contributed by atoms with E-state index in [-0.39, 0.29) is 0 Å². The molecule has 0 radical (unpaired) electrons. The topological polar surface area (TPSA) is 54.7 Å². The Bertz CT molecular complexity index is 640. The molecule has 0 saturated heterocycles. The van der Waals surface area contributed by atoms with Gasteiger partial charge in [0.1, 0.15) is 5.82 Å². The molecule has 0 fully saturated rings. The average molecular weight is 235 g/mol. The predicted molar refractivity (Wildman–Crippen MR) is 73.9 cm³/mol. The molecule has 3 rings (SSSR count). The lowest BCUT2D eigenvalue weighted by atomic mass is 9.99. The Labute approximate surface area is 105 Å². The van der Waals surface area contributed by atoms with E-state index >= 15 is 0 Å². The molecule has 0 unspecified atom stereocenters. The van der Waals surface area contributed by atoms with Crippen molar-refractivity contribution in [2.75, 3.05) is 5.73 Å². The third kappa shape index (κ3) is 1.86. The van der Waals surface area contributed by atoms with Gasteiger partial charge >= 0.3 is 0 Å². The van der Waals surface area contributed by atoms with E-state index < -0.39 is 0 Å². The zero-order valence-electron chi connectivity index (χ0n) is 9.80. The molecule has 3 aromatic rings. The highest BCUT2D eigenvalue weighted by Gasteiger charge is 2.07. The van der Waals surface area contributed by atoms with Gasteiger partial charge in [0.25, 0.3) is 0 Å². The van der Waals surface area contributed by atoms with E-state index in [2.05, 4.69) is 22.1 Å². The molecule has 2 aromatic carbocycles. The number of nitrogens with zero attached hydrogens (tertiary/aromatic N) is 1. The third-order valence-electron chi connectivity index (χ3n) is 2.90. The van der Waals surface area contributed by atoms with E-state index in [0.717, 1.165) is 28.2 Å². The van der Waals surface area contributed by atoms with Crippen LogP contribution in [0.15, 0.2) is 60.9 Å². The number of aromatic nitrogens is 2. The molecule has 0 atom stereocenters. The number of anilines is 1. The van der Waals surface area contributed by atoms with E-state index in [1.807, 2.05) is 42.6 Å². The van der Waals surface area contributed by atoms with Gasteiger partial charge < -0.3 is 10.7 Å². The van der Waals surface area contributed by atoms with Crippen LogP contribution in [0.2, 0.25) is 0 Å². The van der Waals surface area contributed by atoms with E-state index in [1.165, 1.54) is 0 Å². The second-order valence-electron chi connectivity index (χ2n) is 4.11. The van der Waals surface area contributed by atoms with Gasteiger partial charge in [0, 0.05) is 23.6 Å². The molecule has 3 nitrogen and oxygen atoms in total. The molecule has 3 heteroatoms. The van der Waals surface area contributed by atoms with Gasteiger partial charge in [0.15, 0.2) is 0 Å². The van der Waals surface area contributed by atoms with Crippen molar-refractivity contribution < 1.29 is 0 Å². The van der Waals surface area contributed by atoms with Crippen molar-refractivity contribution in [1.29, 1.82) is 0 Å². The van der Waals surface area contributed by atoms with E-state index in [0.29, 0.717) is 0 Å². The average Bonchev–Trinajstić information content (AvgIpc) is 2.93. The van der Waals surface area contributed by atoms with Gasteiger partial charge in [-0.15, -0.1) is 0 Å². The van der Waals surface area contributed by atoms with E-state index in [9.17, 15) is 0 Å². The quantitative estimate of drug-likeness (QED) is 0.669. The fourth-order valence-electron chi connectivity index (χ4n) is 2.02. The molecule has 18 heavy (non-hydrogen) atoms. The molecule has 1 aromatic heterocycles. The minimum Gasteiger partial charge on any atom is -0.399 e. The minimum absolute atomic E-state index is 0.772. The maximum atomic E-state index is 5.72. The van der Waals surface area contributed by atoms with Gasteiger partial charge in [-0.1, -0.05) is 36.4 Å². The van der Waals surface area contributed by atoms with Crippen molar-refractivity contribution >= 4 is 5.69 Å². The van der Waals surface area contributed by atoms with Gasteiger partial charge in [0.05, 0.1) is 0 Å². The van der Waals surface area contributed by atoms with Crippen LogP contribution in [0.5, 0.6) is 0 Å². The number of hydrogen-bond acceptors (Lipinski definition) is 2. The molecular weight excluding hydrogens is 222 g/mol. The van der Waals surface area contributed by atoms with Crippen LogP contribution in [0.3, 0.4) is 0 Å². The van der Waals surface area contributed by atoms with Crippen LogP contribution in [0.1, 0.15) is 0 Å². The Hall–Kier alpha value is -2.55. The first-order chi connectivity index (χ1) is 8.84. The molecule has 88 valence electrons. The van der Waals surface area contributed by atoms with Gasteiger partial charge in [-0.25, -0.2) is 4.98 Å². The molecule has 3 N–H and O–H groups in total. The highest BCUT2D eigenvalue weighted by atomic mass is 14.9. The van der Waals surface area contributed by atoms with Crippen LogP contribution in [0.4, 0.5) is 5.69 Å². The zero-order chi connectivity index (χ0) is 12.4. The number of imidazole rings is 1. The van der Waals surface area contributed by atoms with Crippen LogP contribution in [-0.2, 0) is 0 Å². The fraction of sp³-hybridized carbons (Fsp3) is 0. The summed E-state index contributed by atoms with van der Waals surface area (Å²) in [5.41, 5.74) is 9.86. The van der Waals surface area contributed by atoms with Crippen molar-refractivity contribution in [3.63, 3.8) is 0 Å². The first-order valence-corrected chi connectivity index (χ1v) is 5.79. The normalized spacial score (nSPS) is 10.4.